The zero-order chi connectivity index (χ0) is 10.6. The van der Waals surface area contributed by atoms with Gasteiger partial charge in [-0.15, -0.1) is 0 Å². The molecule has 4 rings (SSSR count). The molecule has 1 N–H and O–H groups in total. The van der Waals surface area contributed by atoms with Gasteiger partial charge in [-0.05, 0) is 49.4 Å². The molecule has 0 aromatic heterocycles. The van der Waals surface area contributed by atoms with Gasteiger partial charge in [-0.2, -0.15) is 0 Å². The first-order valence-electron chi connectivity index (χ1n) is 6.02. The SMILES string of the molecule is CC1(O)CC2C3CC(F)(F)C4C3CC2C41. The molecule has 3 heteroatoms. The molecule has 0 spiro atoms. The van der Waals surface area contributed by atoms with Crippen LogP contribution in [0.1, 0.15) is 26.2 Å². The highest BCUT2D eigenvalue weighted by molar-refractivity contribution is 5.22. The molecule has 4 aliphatic rings. The zero-order valence-electron chi connectivity index (χ0n) is 8.79. The number of rotatable bonds is 0. The Morgan fingerprint density at radius 1 is 1.00 bits per heavy atom. The van der Waals surface area contributed by atoms with Crippen molar-refractivity contribution in [3.8, 4) is 0 Å². The standard InChI is InChI=1S/C12H16F2O/c1-11(15)3-7-5-2-6-8(7)4-12(13,14)10(6)9(5)11/h5-10,15H,2-4H2,1H3. The van der Waals surface area contributed by atoms with Gasteiger partial charge in [-0.3, -0.25) is 0 Å². The third-order valence-electron chi connectivity index (χ3n) is 5.87. The van der Waals surface area contributed by atoms with Gasteiger partial charge in [0.1, 0.15) is 0 Å². The van der Waals surface area contributed by atoms with Gasteiger partial charge in [0.2, 0.25) is 0 Å². The topological polar surface area (TPSA) is 20.2 Å². The second-order valence-electron chi connectivity index (χ2n) is 6.47. The summed E-state index contributed by atoms with van der Waals surface area (Å²) < 4.78 is 27.7. The average Bonchev–Trinajstić information content (AvgIpc) is 2.68. The molecule has 0 heterocycles. The van der Waals surface area contributed by atoms with E-state index >= 15 is 0 Å². The summed E-state index contributed by atoms with van der Waals surface area (Å²) >= 11 is 0. The first-order chi connectivity index (χ1) is 6.92. The van der Waals surface area contributed by atoms with Crippen LogP contribution in [0, 0.1) is 35.5 Å². The molecule has 15 heavy (non-hydrogen) atoms. The van der Waals surface area contributed by atoms with Crippen LogP contribution < -0.4 is 0 Å². The highest BCUT2D eigenvalue weighted by Gasteiger charge is 2.76. The number of aliphatic hydroxyl groups is 1. The molecule has 7 unspecified atom stereocenters. The van der Waals surface area contributed by atoms with E-state index in [9.17, 15) is 13.9 Å². The molecule has 4 fully saturated rings. The van der Waals surface area contributed by atoms with Crippen LogP contribution in [0.5, 0.6) is 0 Å². The highest BCUT2D eigenvalue weighted by atomic mass is 19.3. The molecule has 84 valence electrons. The van der Waals surface area contributed by atoms with Crippen LogP contribution in [-0.4, -0.2) is 16.6 Å². The molecule has 0 aromatic rings. The predicted molar refractivity (Wildman–Crippen MR) is 50.4 cm³/mol. The van der Waals surface area contributed by atoms with Crippen molar-refractivity contribution in [1.29, 1.82) is 0 Å². The molecule has 4 aliphatic carbocycles. The van der Waals surface area contributed by atoms with Crippen LogP contribution in [-0.2, 0) is 0 Å². The lowest BCUT2D eigenvalue weighted by atomic mass is 9.76. The maximum Gasteiger partial charge on any atom is 0.251 e. The molecule has 0 radical (unpaired) electrons. The molecule has 1 nitrogen and oxygen atoms in total. The minimum absolute atomic E-state index is 0.107. The maximum absolute atomic E-state index is 13.9. The van der Waals surface area contributed by atoms with E-state index in [1.807, 2.05) is 0 Å². The van der Waals surface area contributed by atoms with Crippen molar-refractivity contribution < 1.29 is 13.9 Å². The summed E-state index contributed by atoms with van der Waals surface area (Å²) in [5.41, 5.74) is -0.812. The first kappa shape index (κ1) is 8.91. The van der Waals surface area contributed by atoms with Crippen molar-refractivity contribution in [2.24, 2.45) is 35.5 Å². The van der Waals surface area contributed by atoms with Crippen LogP contribution in [0.2, 0.25) is 0 Å². The van der Waals surface area contributed by atoms with Crippen molar-refractivity contribution in [3.63, 3.8) is 0 Å². The normalized spacial score (nSPS) is 68.0. The monoisotopic (exact) mass is 214 g/mol. The Labute approximate surface area is 87.9 Å². The van der Waals surface area contributed by atoms with Gasteiger partial charge in [0.15, 0.2) is 0 Å². The zero-order valence-corrected chi connectivity index (χ0v) is 8.79. The van der Waals surface area contributed by atoms with Gasteiger partial charge in [-0.25, -0.2) is 8.78 Å². The molecule has 0 aliphatic heterocycles. The fraction of sp³-hybridized carbons (Fsp3) is 1.00. The molecular formula is C12H16F2O. The van der Waals surface area contributed by atoms with Gasteiger partial charge in [0.05, 0.1) is 5.60 Å². The van der Waals surface area contributed by atoms with E-state index in [2.05, 4.69) is 0 Å². The van der Waals surface area contributed by atoms with E-state index in [4.69, 9.17) is 0 Å². The van der Waals surface area contributed by atoms with Crippen LogP contribution in [0.25, 0.3) is 0 Å². The molecule has 0 aromatic carbocycles. The van der Waals surface area contributed by atoms with E-state index in [1.54, 1.807) is 6.92 Å². The Morgan fingerprint density at radius 3 is 2.33 bits per heavy atom. The summed E-state index contributed by atoms with van der Waals surface area (Å²) in [6.07, 6.45) is 1.85. The van der Waals surface area contributed by atoms with Crippen molar-refractivity contribution in [2.45, 2.75) is 37.7 Å². The smallest absolute Gasteiger partial charge is 0.251 e. The molecule has 2 bridgehead atoms. The minimum Gasteiger partial charge on any atom is -0.390 e. The molecule has 4 saturated carbocycles. The molecular weight excluding hydrogens is 198 g/mol. The second-order valence-corrected chi connectivity index (χ2v) is 6.47. The van der Waals surface area contributed by atoms with Gasteiger partial charge in [-0.1, -0.05) is 0 Å². The molecule has 0 amide bonds. The Hall–Kier alpha value is -0.180. The predicted octanol–water partition coefficient (Wildman–Crippen LogP) is 2.29. The first-order valence-corrected chi connectivity index (χ1v) is 6.02. The van der Waals surface area contributed by atoms with Gasteiger partial charge in [0, 0.05) is 12.3 Å². The van der Waals surface area contributed by atoms with Crippen LogP contribution in [0.4, 0.5) is 8.78 Å². The fourth-order valence-electron chi connectivity index (χ4n) is 5.75. The number of halogens is 2. The largest absolute Gasteiger partial charge is 0.390 e. The summed E-state index contributed by atoms with van der Waals surface area (Å²) in [6.45, 7) is 1.78. The van der Waals surface area contributed by atoms with Crippen molar-refractivity contribution in [1.82, 2.24) is 0 Å². The summed E-state index contributed by atoms with van der Waals surface area (Å²) in [5.74, 6) is -1.84. The van der Waals surface area contributed by atoms with Crippen molar-refractivity contribution in [3.05, 3.63) is 0 Å². The van der Waals surface area contributed by atoms with Gasteiger partial charge < -0.3 is 5.11 Å². The quantitative estimate of drug-likeness (QED) is 0.656. The lowest BCUT2D eigenvalue weighted by molar-refractivity contribution is -0.102. The lowest BCUT2D eigenvalue weighted by Gasteiger charge is -2.33. The Morgan fingerprint density at radius 2 is 1.60 bits per heavy atom. The third kappa shape index (κ3) is 0.778. The number of hydrogen-bond donors (Lipinski definition) is 1. The third-order valence-corrected chi connectivity index (χ3v) is 5.87. The summed E-state index contributed by atoms with van der Waals surface area (Å²) in [4.78, 5) is 0. The molecule has 7 atom stereocenters. The Balaban J connectivity index is 1.88. The second kappa shape index (κ2) is 2.11. The van der Waals surface area contributed by atoms with Crippen LogP contribution in [0.15, 0.2) is 0 Å². The van der Waals surface area contributed by atoms with E-state index in [0.29, 0.717) is 11.8 Å². The van der Waals surface area contributed by atoms with Crippen LogP contribution in [0.3, 0.4) is 0 Å². The Bertz CT molecular complexity index is 303. The van der Waals surface area contributed by atoms with E-state index in [0.717, 1.165) is 12.8 Å². The van der Waals surface area contributed by atoms with Crippen molar-refractivity contribution >= 4 is 0 Å². The van der Waals surface area contributed by atoms with Gasteiger partial charge in [0.25, 0.3) is 5.92 Å². The minimum atomic E-state index is -2.49. The van der Waals surface area contributed by atoms with Crippen LogP contribution >= 0.6 is 0 Å². The lowest BCUT2D eigenvalue weighted by Crippen LogP contribution is -2.40. The number of hydrogen-bond acceptors (Lipinski definition) is 1. The van der Waals surface area contributed by atoms with Crippen molar-refractivity contribution in [2.75, 3.05) is 0 Å². The van der Waals surface area contributed by atoms with Gasteiger partial charge >= 0.3 is 0 Å². The highest BCUT2D eigenvalue weighted by Crippen LogP contribution is 2.75. The summed E-state index contributed by atoms with van der Waals surface area (Å²) in [6, 6.07) is 0. The fourth-order valence-corrected chi connectivity index (χ4v) is 5.75. The maximum atomic E-state index is 13.9. The summed E-state index contributed by atoms with van der Waals surface area (Å²) in [7, 11) is 0. The Kier molecular flexibility index (Phi) is 1.25. The van der Waals surface area contributed by atoms with E-state index in [-0.39, 0.29) is 24.2 Å². The average molecular weight is 214 g/mol. The summed E-state index contributed by atoms with van der Waals surface area (Å²) in [5, 5.41) is 10.3. The molecule has 0 saturated heterocycles. The van der Waals surface area contributed by atoms with E-state index in [1.165, 1.54) is 0 Å². The number of fused-ring (bicyclic) bond motifs is 2. The van der Waals surface area contributed by atoms with E-state index < -0.39 is 17.4 Å². The number of alkyl halides is 2.